The molecule has 0 bridgehead atoms. The fourth-order valence-corrected chi connectivity index (χ4v) is 4.04. The molecule has 1 fully saturated rings. The summed E-state index contributed by atoms with van der Waals surface area (Å²) in [6.07, 6.45) is 7.38. The molecular formula is C16H24N2OS. The van der Waals surface area contributed by atoms with Crippen LogP contribution in [-0.4, -0.2) is 21.4 Å². The number of aryl methyl sites for hydroxylation is 1. The van der Waals surface area contributed by atoms with Crippen LogP contribution in [0.25, 0.3) is 0 Å². The Morgan fingerprint density at radius 1 is 1.40 bits per heavy atom. The summed E-state index contributed by atoms with van der Waals surface area (Å²) in [4.78, 5) is 16.7. The van der Waals surface area contributed by atoms with Gasteiger partial charge < -0.3 is 5.32 Å². The number of nitrogens with one attached hydrogen (secondary N) is 1. The van der Waals surface area contributed by atoms with Crippen molar-refractivity contribution in [1.29, 1.82) is 0 Å². The Bertz CT molecular complexity index is 444. The van der Waals surface area contributed by atoms with Crippen molar-refractivity contribution in [3.63, 3.8) is 0 Å². The van der Waals surface area contributed by atoms with Gasteiger partial charge in [-0.05, 0) is 38.3 Å². The van der Waals surface area contributed by atoms with E-state index in [1.165, 1.54) is 32.1 Å². The summed E-state index contributed by atoms with van der Waals surface area (Å²) in [6.45, 7) is 4.02. The molecule has 1 aliphatic rings. The monoisotopic (exact) mass is 292 g/mol. The molecule has 1 aromatic heterocycles. The van der Waals surface area contributed by atoms with Crippen LogP contribution in [0.3, 0.4) is 0 Å². The first-order valence-electron chi connectivity index (χ1n) is 7.59. The zero-order valence-corrected chi connectivity index (χ0v) is 13.2. The maximum atomic E-state index is 12.4. The van der Waals surface area contributed by atoms with Gasteiger partial charge in [0, 0.05) is 10.9 Å². The van der Waals surface area contributed by atoms with Crippen molar-refractivity contribution in [2.24, 2.45) is 0 Å². The Hall–Kier alpha value is -1.03. The quantitative estimate of drug-likeness (QED) is 0.885. The molecule has 20 heavy (non-hydrogen) atoms. The minimum atomic E-state index is 0.0420. The summed E-state index contributed by atoms with van der Waals surface area (Å²) in [7, 11) is 0. The van der Waals surface area contributed by atoms with Crippen molar-refractivity contribution in [2.45, 2.75) is 62.9 Å². The van der Waals surface area contributed by atoms with E-state index in [0.29, 0.717) is 11.1 Å². The van der Waals surface area contributed by atoms with E-state index in [4.69, 9.17) is 0 Å². The molecule has 0 radical (unpaired) electrons. The van der Waals surface area contributed by atoms with Crippen LogP contribution in [0.4, 0.5) is 5.82 Å². The number of hydrogen-bond donors (Lipinski definition) is 1. The SMILES string of the molecule is CCC(SC1CCCCC1)C(=O)Nc1cccc(C)n1. The van der Waals surface area contributed by atoms with E-state index in [2.05, 4.69) is 17.2 Å². The number of thioether (sulfide) groups is 1. The molecule has 1 saturated carbocycles. The van der Waals surface area contributed by atoms with Crippen molar-refractivity contribution >= 4 is 23.5 Å². The summed E-state index contributed by atoms with van der Waals surface area (Å²) in [6, 6.07) is 5.71. The lowest BCUT2D eigenvalue weighted by molar-refractivity contribution is -0.115. The average Bonchev–Trinajstić information content (AvgIpc) is 2.45. The van der Waals surface area contributed by atoms with Gasteiger partial charge in [0.1, 0.15) is 5.82 Å². The molecule has 0 spiro atoms. The van der Waals surface area contributed by atoms with E-state index in [1.807, 2.05) is 36.9 Å². The summed E-state index contributed by atoms with van der Waals surface area (Å²) >= 11 is 1.86. The predicted molar refractivity (Wildman–Crippen MR) is 86.1 cm³/mol. The van der Waals surface area contributed by atoms with Crippen LogP contribution < -0.4 is 5.32 Å². The number of pyridine rings is 1. The minimum absolute atomic E-state index is 0.0420. The number of carbonyl (C=O) groups excluding carboxylic acids is 1. The van der Waals surface area contributed by atoms with Crippen LogP contribution >= 0.6 is 11.8 Å². The second-order valence-corrected chi connectivity index (χ2v) is 6.95. The molecular weight excluding hydrogens is 268 g/mol. The molecule has 2 rings (SSSR count). The molecule has 1 heterocycles. The molecule has 1 aliphatic carbocycles. The van der Waals surface area contributed by atoms with Gasteiger partial charge in [0.05, 0.1) is 5.25 Å². The number of nitrogens with zero attached hydrogens (tertiary/aromatic N) is 1. The highest BCUT2D eigenvalue weighted by Gasteiger charge is 2.23. The predicted octanol–water partition coefficient (Wildman–Crippen LogP) is 4.17. The Labute approximate surface area is 125 Å². The van der Waals surface area contributed by atoms with Crippen molar-refractivity contribution in [3.8, 4) is 0 Å². The Morgan fingerprint density at radius 2 is 2.15 bits per heavy atom. The second-order valence-electron chi connectivity index (χ2n) is 5.45. The van der Waals surface area contributed by atoms with Gasteiger partial charge in [-0.15, -0.1) is 11.8 Å². The average molecular weight is 292 g/mol. The number of rotatable bonds is 5. The molecule has 1 unspecified atom stereocenters. The number of amides is 1. The second kappa shape index (κ2) is 7.67. The molecule has 0 aromatic carbocycles. The van der Waals surface area contributed by atoms with Crippen LogP contribution in [0.1, 0.15) is 51.1 Å². The maximum absolute atomic E-state index is 12.4. The third kappa shape index (κ3) is 4.51. The molecule has 1 N–H and O–H groups in total. The van der Waals surface area contributed by atoms with Crippen molar-refractivity contribution < 1.29 is 4.79 Å². The van der Waals surface area contributed by atoms with Gasteiger partial charge in [-0.3, -0.25) is 4.79 Å². The largest absolute Gasteiger partial charge is 0.310 e. The zero-order valence-electron chi connectivity index (χ0n) is 12.4. The summed E-state index contributed by atoms with van der Waals surface area (Å²) in [5, 5.41) is 3.65. The highest BCUT2D eigenvalue weighted by Crippen LogP contribution is 2.32. The fourth-order valence-electron chi connectivity index (χ4n) is 2.60. The van der Waals surface area contributed by atoms with E-state index in [0.717, 1.165) is 12.1 Å². The molecule has 110 valence electrons. The molecule has 0 aliphatic heterocycles. The first kappa shape index (κ1) is 15.4. The lowest BCUT2D eigenvalue weighted by Gasteiger charge is -2.25. The van der Waals surface area contributed by atoms with E-state index < -0.39 is 0 Å². The first-order valence-corrected chi connectivity index (χ1v) is 8.53. The highest BCUT2D eigenvalue weighted by atomic mass is 32.2. The van der Waals surface area contributed by atoms with Crippen LogP contribution in [-0.2, 0) is 4.79 Å². The molecule has 4 heteroatoms. The topological polar surface area (TPSA) is 42.0 Å². The fraction of sp³-hybridized carbons (Fsp3) is 0.625. The third-order valence-corrected chi connectivity index (χ3v) is 5.44. The van der Waals surface area contributed by atoms with Gasteiger partial charge in [0.2, 0.25) is 5.91 Å². The van der Waals surface area contributed by atoms with Crippen LogP contribution in [0.15, 0.2) is 18.2 Å². The van der Waals surface area contributed by atoms with Crippen molar-refractivity contribution in [1.82, 2.24) is 4.98 Å². The van der Waals surface area contributed by atoms with E-state index in [-0.39, 0.29) is 11.2 Å². The lowest BCUT2D eigenvalue weighted by Crippen LogP contribution is -2.27. The van der Waals surface area contributed by atoms with Gasteiger partial charge in [-0.25, -0.2) is 4.98 Å². The number of carbonyl (C=O) groups is 1. The number of anilines is 1. The van der Waals surface area contributed by atoms with Gasteiger partial charge in [-0.1, -0.05) is 32.3 Å². The summed E-state index contributed by atoms with van der Waals surface area (Å²) in [5.74, 6) is 0.763. The van der Waals surface area contributed by atoms with Gasteiger partial charge >= 0.3 is 0 Å². The van der Waals surface area contributed by atoms with Crippen LogP contribution in [0, 0.1) is 6.92 Å². The molecule has 1 atom stereocenters. The lowest BCUT2D eigenvalue weighted by atomic mass is 10.0. The van der Waals surface area contributed by atoms with E-state index in [9.17, 15) is 4.79 Å². The smallest absolute Gasteiger partial charge is 0.238 e. The Kier molecular flexibility index (Phi) is 5.89. The molecule has 1 aromatic rings. The minimum Gasteiger partial charge on any atom is -0.310 e. The zero-order chi connectivity index (χ0) is 14.4. The van der Waals surface area contributed by atoms with Gasteiger partial charge in [-0.2, -0.15) is 0 Å². The Balaban J connectivity index is 1.91. The first-order chi connectivity index (χ1) is 9.69. The van der Waals surface area contributed by atoms with Gasteiger partial charge in [0.15, 0.2) is 0 Å². The molecule has 1 amide bonds. The number of aromatic nitrogens is 1. The third-order valence-electron chi connectivity index (χ3n) is 3.71. The summed E-state index contributed by atoms with van der Waals surface area (Å²) < 4.78 is 0. The van der Waals surface area contributed by atoms with Crippen molar-refractivity contribution in [2.75, 3.05) is 5.32 Å². The summed E-state index contributed by atoms with van der Waals surface area (Å²) in [5.41, 5.74) is 0.927. The van der Waals surface area contributed by atoms with Crippen molar-refractivity contribution in [3.05, 3.63) is 23.9 Å². The standard InChI is InChI=1S/C16H24N2OS/c1-3-14(20-13-9-5-4-6-10-13)16(19)18-15-11-7-8-12(2)17-15/h7-8,11,13-14H,3-6,9-10H2,1-2H3,(H,17,18,19). The van der Waals surface area contributed by atoms with Crippen LogP contribution in [0.5, 0.6) is 0 Å². The van der Waals surface area contributed by atoms with Gasteiger partial charge in [0.25, 0.3) is 0 Å². The highest BCUT2D eigenvalue weighted by molar-refractivity contribution is 8.01. The van der Waals surface area contributed by atoms with E-state index >= 15 is 0 Å². The molecule has 0 saturated heterocycles. The maximum Gasteiger partial charge on any atom is 0.238 e. The number of hydrogen-bond acceptors (Lipinski definition) is 3. The van der Waals surface area contributed by atoms with Crippen LogP contribution in [0.2, 0.25) is 0 Å². The normalized spacial score (nSPS) is 17.7. The Morgan fingerprint density at radius 3 is 2.80 bits per heavy atom. The van der Waals surface area contributed by atoms with E-state index in [1.54, 1.807) is 0 Å². The molecule has 3 nitrogen and oxygen atoms in total.